The first kappa shape index (κ1) is 21.0. The molecule has 0 N–H and O–H groups in total. The fourth-order valence-corrected chi connectivity index (χ4v) is 3.96. The molecule has 1 amide bonds. The van der Waals surface area contributed by atoms with Gasteiger partial charge in [-0.2, -0.15) is 0 Å². The van der Waals surface area contributed by atoms with E-state index >= 15 is 0 Å². The van der Waals surface area contributed by atoms with E-state index in [9.17, 15) is 4.79 Å². The standard InChI is InChI=1S/C23H26ClN3O3/c1-23(2,3)27-21-17(7-6-9-25-21)18(22(27)28)12-19-15(11-16(24)13-26-19)14-30-20-8-4-5-10-29-20/h6-7,9,11-13,20H,4-5,8,10,14H2,1-3H3. The SMILES string of the molecule is CC(C)(C)N1C(=O)C(=Cc2ncc(Cl)cc2COC2CCCCO2)c2cccnc21. The van der Waals surface area contributed by atoms with Gasteiger partial charge in [0.1, 0.15) is 5.82 Å². The Hall–Kier alpha value is -2.28. The highest BCUT2D eigenvalue weighted by Gasteiger charge is 2.40. The number of ether oxygens (including phenoxy) is 2. The summed E-state index contributed by atoms with van der Waals surface area (Å²) in [5, 5.41) is 0.524. The first-order valence-corrected chi connectivity index (χ1v) is 10.6. The monoisotopic (exact) mass is 427 g/mol. The van der Waals surface area contributed by atoms with E-state index in [4.69, 9.17) is 21.1 Å². The van der Waals surface area contributed by atoms with Crippen molar-refractivity contribution in [1.82, 2.24) is 9.97 Å². The summed E-state index contributed by atoms with van der Waals surface area (Å²) in [6.07, 6.45) is 7.92. The van der Waals surface area contributed by atoms with Crippen LogP contribution >= 0.6 is 11.6 Å². The summed E-state index contributed by atoms with van der Waals surface area (Å²) >= 11 is 6.19. The summed E-state index contributed by atoms with van der Waals surface area (Å²) in [7, 11) is 0. The Morgan fingerprint density at radius 2 is 2.17 bits per heavy atom. The first-order chi connectivity index (χ1) is 14.3. The molecule has 1 unspecified atom stereocenters. The lowest BCUT2D eigenvalue weighted by Gasteiger charge is -2.31. The maximum atomic E-state index is 13.3. The minimum absolute atomic E-state index is 0.0876. The molecule has 4 rings (SSSR count). The number of hydrogen-bond donors (Lipinski definition) is 0. The number of amides is 1. The molecule has 30 heavy (non-hydrogen) atoms. The summed E-state index contributed by atoms with van der Waals surface area (Å²) in [5.41, 5.74) is 2.45. The molecule has 1 fully saturated rings. The lowest BCUT2D eigenvalue weighted by molar-refractivity contribution is -0.169. The van der Waals surface area contributed by atoms with Gasteiger partial charge in [-0.3, -0.25) is 14.7 Å². The average Bonchev–Trinajstić information content (AvgIpc) is 3.00. The second kappa shape index (κ2) is 8.46. The van der Waals surface area contributed by atoms with Gasteiger partial charge in [0, 0.05) is 35.7 Å². The molecule has 0 spiro atoms. The zero-order valence-corrected chi connectivity index (χ0v) is 18.3. The second-order valence-electron chi connectivity index (χ2n) is 8.55. The molecule has 6 nitrogen and oxygen atoms in total. The van der Waals surface area contributed by atoms with Gasteiger partial charge in [-0.25, -0.2) is 4.98 Å². The van der Waals surface area contributed by atoms with Crippen molar-refractivity contribution in [1.29, 1.82) is 0 Å². The van der Waals surface area contributed by atoms with Crippen molar-refractivity contribution in [3.63, 3.8) is 0 Å². The van der Waals surface area contributed by atoms with Crippen LogP contribution in [-0.2, 0) is 20.9 Å². The Kier molecular flexibility index (Phi) is 5.91. The van der Waals surface area contributed by atoms with Crippen molar-refractivity contribution in [3.05, 3.63) is 52.4 Å². The largest absolute Gasteiger partial charge is 0.353 e. The number of fused-ring (bicyclic) bond motifs is 1. The van der Waals surface area contributed by atoms with Crippen LogP contribution in [0.5, 0.6) is 0 Å². The molecule has 0 aromatic carbocycles. The van der Waals surface area contributed by atoms with Crippen LogP contribution in [0.15, 0.2) is 30.6 Å². The smallest absolute Gasteiger partial charge is 0.260 e. The number of anilines is 1. The van der Waals surface area contributed by atoms with Gasteiger partial charge < -0.3 is 9.47 Å². The molecule has 0 saturated carbocycles. The van der Waals surface area contributed by atoms with E-state index in [0.29, 0.717) is 28.7 Å². The van der Waals surface area contributed by atoms with E-state index in [1.807, 2.05) is 45.0 Å². The molecule has 0 radical (unpaired) electrons. The maximum Gasteiger partial charge on any atom is 0.260 e. The Morgan fingerprint density at radius 3 is 2.90 bits per heavy atom. The maximum absolute atomic E-state index is 13.3. The average molecular weight is 428 g/mol. The van der Waals surface area contributed by atoms with Gasteiger partial charge in [0.15, 0.2) is 6.29 Å². The Morgan fingerprint density at radius 1 is 1.33 bits per heavy atom. The molecular weight excluding hydrogens is 402 g/mol. The molecule has 0 bridgehead atoms. The number of carbonyl (C=O) groups is 1. The summed E-state index contributed by atoms with van der Waals surface area (Å²) < 4.78 is 11.6. The van der Waals surface area contributed by atoms with Crippen LogP contribution in [0, 0.1) is 0 Å². The minimum Gasteiger partial charge on any atom is -0.353 e. The Bertz CT molecular complexity index is 978. The molecule has 1 atom stereocenters. The summed E-state index contributed by atoms with van der Waals surface area (Å²) in [6, 6.07) is 5.58. The van der Waals surface area contributed by atoms with Crippen LogP contribution < -0.4 is 4.90 Å². The number of rotatable bonds is 4. The highest BCUT2D eigenvalue weighted by atomic mass is 35.5. The summed E-state index contributed by atoms with van der Waals surface area (Å²) in [5.74, 6) is 0.582. The van der Waals surface area contributed by atoms with Gasteiger partial charge in [0.05, 0.1) is 22.9 Å². The van der Waals surface area contributed by atoms with E-state index in [1.165, 1.54) is 0 Å². The van der Waals surface area contributed by atoms with Crippen molar-refractivity contribution >= 4 is 35.0 Å². The molecule has 1 saturated heterocycles. The summed E-state index contributed by atoms with van der Waals surface area (Å²) in [6.45, 7) is 7.02. The van der Waals surface area contributed by atoms with Crippen LogP contribution in [0.2, 0.25) is 5.02 Å². The van der Waals surface area contributed by atoms with Crippen LogP contribution in [-0.4, -0.2) is 34.3 Å². The highest BCUT2D eigenvalue weighted by molar-refractivity contribution is 6.35. The lowest BCUT2D eigenvalue weighted by atomic mass is 10.1. The van der Waals surface area contributed by atoms with Gasteiger partial charge in [0.2, 0.25) is 0 Å². The number of carbonyl (C=O) groups excluding carboxylic acids is 1. The van der Waals surface area contributed by atoms with E-state index in [2.05, 4.69) is 9.97 Å². The number of halogens is 1. The number of hydrogen-bond acceptors (Lipinski definition) is 5. The molecule has 7 heteroatoms. The van der Waals surface area contributed by atoms with Crippen molar-refractivity contribution in [2.45, 2.75) is 58.5 Å². The second-order valence-corrected chi connectivity index (χ2v) is 8.99. The van der Waals surface area contributed by atoms with Crippen molar-refractivity contribution in [2.24, 2.45) is 0 Å². The zero-order chi connectivity index (χ0) is 21.3. The molecule has 2 aromatic rings. The third-order valence-corrected chi connectivity index (χ3v) is 5.41. The number of nitrogens with zero attached hydrogens (tertiary/aromatic N) is 3. The van der Waals surface area contributed by atoms with Crippen LogP contribution in [0.25, 0.3) is 11.6 Å². The molecule has 158 valence electrons. The molecule has 0 aliphatic carbocycles. The molecule has 2 aromatic heterocycles. The minimum atomic E-state index is -0.395. The molecule has 2 aliphatic heterocycles. The van der Waals surface area contributed by atoms with Gasteiger partial charge in [-0.15, -0.1) is 0 Å². The van der Waals surface area contributed by atoms with Gasteiger partial charge in [-0.1, -0.05) is 11.6 Å². The summed E-state index contributed by atoms with van der Waals surface area (Å²) in [4.78, 5) is 24.0. The zero-order valence-electron chi connectivity index (χ0n) is 17.5. The van der Waals surface area contributed by atoms with Crippen LogP contribution in [0.4, 0.5) is 5.82 Å². The fraction of sp³-hybridized carbons (Fsp3) is 0.435. The van der Waals surface area contributed by atoms with Crippen LogP contribution in [0.3, 0.4) is 0 Å². The Balaban J connectivity index is 1.68. The predicted molar refractivity (Wildman–Crippen MR) is 117 cm³/mol. The molecular formula is C23H26ClN3O3. The van der Waals surface area contributed by atoms with E-state index in [1.54, 1.807) is 17.3 Å². The van der Waals surface area contributed by atoms with Gasteiger partial charge >= 0.3 is 0 Å². The van der Waals surface area contributed by atoms with E-state index in [-0.39, 0.29) is 12.2 Å². The fourth-order valence-electron chi connectivity index (χ4n) is 3.78. The van der Waals surface area contributed by atoms with Crippen molar-refractivity contribution < 1.29 is 14.3 Å². The Labute approximate surface area is 181 Å². The van der Waals surface area contributed by atoms with Gasteiger partial charge in [-0.05, 0) is 64.3 Å². The quantitative estimate of drug-likeness (QED) is 0.652. The van der Waals surface area contributed by atoms with Gasteiger partial charge in [0.25, 0.3) is 5.91 Å². The third kappa shape index (κ3) is 4.26. The number of pyridine rings is 2. The van der Waals surface area contributed by atoms with E-state index in [0.717, 1.165) is 37.0 Å². The lowest BCUT2D eigenvalue weighted by Crippen LogP contribution is -2.43. The first-order valence-electron chi connectivity index (χ1n) is 10.2. The van der Waals surface area contributed by atoms with Crippen LogP contribution in [0.1, 0.15) is 56.9 Å². The topological polar surface area (TPSA) is 64.6 Å². The van der Waals surface area contributed by atoms with Crippen molar-refractivity contribution in [3.8, 4) is 0 Å². The van der Waals surface area contributed by atoms with E-state index < -0.39 is 5.54 Å². The van der Waals surface area contributed by atoms with Crippen molar-refractivity contribution in [2.75, 3.05) is 11.5 Å². The molecule has 4 heterocycles. The normalized spacial score (nSPS) is 20.7. The highest BCUT2D eigenvalue weighted by Crippen LogP contribution is 2.40. The predicted octanol–water partition coefficient (Wildman–Crippen LogP) is 4.86. The molecule has 2 aliphatic rings. The third-order valence-electron chi connectivity index (χ3n) is 5.20. The number of aromatic nitrogens is 2.